The molecule has 2 aromatic rings. The highest BCUT2D eigenvalue weighted by atomic mass is 16.4. The summed E-state index contributed by atoms with van der Waals surface area (Å²) < 4.78 is 5.23. The summed E-state index contributed by atoms with van der Waals surface area (Å²) in [6.45, 7) is 5.18. The zero-order valence-electron chi connectivity index (χ0n) is 12.1. The first-order valence-corrected chi connectivity index (χ1v) is 6.59. The lowest BCUT2D eigenvalue weighted by Crippen LogP contribution is -2.29. The molecule has 0 spiro atoms. The van der Waals surface area contributed by atoms with Crippen molar-refractivity contribution in [2.75, 3.05) is 0 Å². The van der Waals surface area contributed by atoms with E-state index >= 15 is 0 Å². The number of hydrogen-bond donors (Lipinski definition) is 2. The highest BCUT2D eigenvalue weighted by Crippen LogP contribution is 2.20. The standard InChI is InChI=1S/C16H17NO4/c1-9-6-7-10(2)14(16(19)20)13(9)15(18)17-11(3)12-5-4-8-21-12/h4-8,11H,1-3H3,(H,17,18)(H,19,20)/t11-/m1/s1. The van der Waals surface area contributed by atoms with Crippen LogP contribution in [-0.4, -0.2) is 17.0 Å². The van der Waals surface area contributed by atoms with Crippen molar-refractivity contribution in [3.05, 3.63) is 58.5 Å². The van der Waals surface area contributed by atoms with E-state index < -0.39 is 11.9 Å². The minimum absolute atomic E-state index is 0.0409. The van der Waals surface area contributed by atoms with Gasteiger partial charge in [0.1, 0.15) is 5.76 Å². The Hall–Kier alpha value is -2.56. The van der Waals surface area contributed by atoms with Crippen molar-refractivity contribution in [3.8, 4) is 0 Å². The second-order valence-corrected chi connectivity index (χ2v) is 4.97. The number of amides is 1. The van der Waals surface area contributed by atoms with Gasteiger partial charge in [0.05, 0.1) is 23.4 Å². The summed E-state index contributed by atoms with van der Waals surface area (Å²) >= 11 is 0. The average Bonchev–Trinajstić information content (AvgIpc) is 2.94. The SMILES string of the molecule is Cc1ccc(C)c(C(=O)N[C@H](C)c2ccco2)c1C(=O)O. The van der Waals surface area contributed by atoms with E-state index in [4.69, 9.17) is 4.42 Å². The predicted molar refractivity (Wildman–Crippen MR) is 77.5 cm³/mol. The number of carboxylic acid groups (broad SMARTS) is 1. The summed E-state index contributed by atoms with van der Waals surface area (Å²) in [5.74, 6) is -0.907. The Labute approximate surface area is 122 Å². The minimum atomic E-state index is -1.10. The van der Waals surface area contributed by atoms with Crippen LogP contribution in [0, 0.1) is 13.8 Å². The molecule has 0 saturated heterocycles. The Morgan fingerprint density at radius 2 is 1.76 bits per heavy atom. The van der Waals surface area contributed by atoms with Crippen molar-refractivity contribution in [2.24, 2.45) is 0 Å². The summed E-state index contributed by atoms with van der Waals surface area (Å²) in [7, 11) is 0. The van der Waals surface area contributed by atoms with Gasteiger partial charge in [0.2, 0.25) is 0 Å². The number of carbonyl (C=O) groups excluding carboxylic acids is 1. The number of carbonyl (C=O) groups is 2. The van der Waals surface area contributed by atoms with Gasteiger partial charge in [0.25, 0.3) is 5.91 Å². The van der Waals surface area contributed by atoms with Crippen molar-refractivity contribution in [2.45, 2.75) is 26.8 Å². The first-order chi connectivity index (χ1) is 9.91. The number of aromatic carboxylic acids is 1. The Morgan fingerprint density at radius 1 is 1.14 bits per heavy atom. The fourth-order valence-electron chi connectivity index (χ4n) is 2.26. The zero-order valence-corrected chi connectivity index (χ0v) is 12.1. The third-order valence-corrected chi connectivity index (χ3v) is 3.38. The van der Waals surface area contributed by atoms with Gasteiger partial charge in [-0.3, -0.25) is 4.79 Å². The summed E-state index contributed by atoms with van der Waals surface area (Å²) in [4.78, 5) is 23.8. The van der Waals surface area contributed by atoms with Crippen LogP contribution in [0.3, 0.4) is 0 Å². The molecule has 0 saturated carbocycles. The van der Waals surface area contributed by atoms with Gasteiger partial charge in [-0.25, -0.2) is 4.79 Å². The van der Waals surface area contributed by atoms with Gasteiger partial charge >= 0.3 is 5.97 Å². The van der Waals surface area contributed by atoms with Crippen LogP contribution < -0.4 is 5.32 Å². The Balaban J connectivity index is 2.35. The molecule has 5 heteroatoms. The fourth-order valence-corrected chi connectivity index (χ4v) is 2.26. The average molecular weight is 287 g/mol. The van der Waals surface area contributed by atoms with E-state index in [2.05, 4.69) is 5.32 Å². The molecule has 1 amide bonds. The van der Waals surface area contributed by atoms with Gasteiger partial charge in [0, 0.05) is 0 Å². The molecule has 1 aromatic heterocycles. The lowest BCUT2D eigenvalue weighted by molar-refractivity contribution is 0.0689. The van der Waals surface area contributed by atoms with Crippen LogP contribution in [-0.2, 0) is 0 Å². The highest BCUT2D eigenvalue weighted by molar-refractivity contribution is 6.06. The molecule has 0 aliphatic heterocycles. The summed E-state index contributed by atoms with van der Waals surface area (Å²) in [6.07, 6.45) is 1.53. The van der Waals surface area contributed by atoms with Gasteiger partial charge in [-0.2, -0.15) is 0 Å². The molecule has 21 heavy (non-hydrogen) atoms. The Kier molecular flexibility index (Phi) is 4.12. The molecule has 0 fully saturated rings. The number of carboxylic acids is 1. The fraction of sp³-hybridized carbons (Fsp3) is 0.250. The van der Waals surface area contributed by atoms with E-state index in [1.165, 1.54) is 6.26 Å². The van der Waals surface area contributed by atoms with E-state index in [-0.39, 0.29) is 17.2 Å². The largest absolute Gasteiger partial charge is 0.478 e. The monoisotopic (exact) mass is 287 g/mol. The van der Waals surface area contributed by atoms with E-state index in [9.17, 15) is 14.7 Å². The molecule has 110 valence electrons. The van der Waals surface area contributed by atoms with Crippen LogP contribution in [0.2, 0.25) is 0 Å². The molecule has 2 rings (SSSR count). The summed E-state index contributed by atoms with van der Waals surface area (Å²) in [6, 6.07) is 6.60. The molecular weight excluding hydrogens is 270 g/mol. The molecule has 1 aromatic carbocycles. The second kappa shape index (κ2) is 5.83. The zero-order chi connectivity index (χ0) is 15.6. The third kappa shape index (κ3) is 2.97. The molecule has 0 aliphatic carbocycles. The van der Waals surface area contributed by atoms with Gasteiger partial charge in [0.15, 0.2) is 0 Å². The quantitative estimate of drug-likeness (QED) is 0.905. The molecule has 0 bridgehead atoms. The normalized spacial score (nSPS) is 12.0. The number of hydrogen-bond acceptors (Lipinski definition) is 3. The van der Waals surface area contributed by atoms with Crippen molar-refractivity contribution in [3.63, 3.8) is 0 Å². The lowest BCUT2D eigenvalue weighted by atomic mass is 9.96. The van der Waals surface area contributed by atoms with E-state index in [0.29, 0.717) is 16.9 Å². The van der Waals surface area contributed by atoms with Gasteiger partial charge in [-0.15, -0.1) is 0 Å². The van der Waals surface area contributed by atoms with Gasteiger partial charge in [-0.05, 0) is 44.0 Å². The lowest BCUT2D eigenvalue weighted by Gasteiger charge is -2.15. The van der Waals surface area contributed by atoms with Crippen LogP contribution in [0.15, 0.2) is 34.9 Å². The number of benzene rings is 1. The maximum absolute atomic E-state index is 12.4. The van der Waals surface area contributed by atoms with Crippen molar-refractivity contribution >= 4 is 11.9 Å². The number of rotatable bonds is 4. The topological polar surface area (TPSA) is 79.5 Å². The van der Waals surface area contributed by atoms with Crippen molar-refractivity contribution in [1.82, 2.24) is 5.32 Å². The van der Waals surface area contributed by atoms with Crippen molar-refractivity contribution in [1.29, 1.82) is 0 Å². The van der Waals surface area contributed by atoms with E-state index in [0.717, 1.165) is 0 Å². The Bertz CT molecular complexity index is 674. The van der Waals surface area contributed by atoms with Crippen LogP contribution >= 0.6 is 0 Å². The van der Waals surface area contributed by atoms with Gasteiger partial charge in [-0.1, -0.05) is 12.1 Å². The molecule has 1 heterocycles. The predicted octanol–water partition coefficient (Wildman–Crippen LogP) is 3.09. The number of furan rings is 1. The van der Waals surface area contributed by atoms with E-state index in [1.54, 1.807) is 45.0 Å². The smallest absolute Gasteiger partial charge is 0.336 e. The molecule has 0 aliphatic rings. The maximum atomic E-state index is 12.4. The summed E-state index contributed by atoms with van der Waals surface area (Å²) in [5.41, 5.74) is 1.42. The molecule has 1 atom stereocenters. The van der Waals surface area contributed by atoms with Crippen LogP contribution in [0.1, 0.15) is 50.6 Å². The molecular formula is C16H17NO4. The van der Waals surface area contributed by atoms with Crippen molar-refractivity contribution < 1.29 is 19.1 Å². The minimum Gasteiger partial charge on any atom is -0.478 e. The third-order valence-electron chi connectivity index (χ3n) is 3.38. The molecule has 5 nitrogen and oxygen atoms in total. The summed E-state index contributed by atoms with van der Waals surface area (Å²) in [5, 5.41) is 12.1. The van der Waals surface area contributed by atoms with Crippen LogP contribution in [0.5, 0.6) is 0 Å². The number of nitrogens with one attached hydrogen (secondary N) is 1. The van der Waals surface area contributed by atoms with E-state index in [1.807, 2.05) is 0 Å². The molecule has 0 radical (unpaired) electrons. The Morgan fingerprint density at radius 3 is 2.29 bits per heavy atom. The van der Waals surface area contributed by atoms with Crippen LogP contribution in [0.25, 0.3) is 0 Å². The van der Waals surface area contributed by atoms with Gasteiger partial charge < -0.3 is 14.8 Å². The first-order valence-electron chi connectivity index (χ1n) is 6.59. The maximum Gasteiger partial charge on any atom is 0.336 e. The highest BCUT2D eigenvalue weighted by Gasteiger charge is 2.23. The second-order valence-electron chi connectivity index (χ2n) is 4.97. The molecule has 0 unspecified atom stereocenters. The molecule has 2 N–H and O–H groups in total. The van der Waals surface area contributed by atoms with Crippen LogP contribution in [0.4, 0.5) is 0 Å². The number of aryl methyl sites for hydroxylation is 2. The first kappa shape index (κ1) is 14.8.